The van der Waals surface area contributed by atoms with E-state index >= 15 is 0 Å². The van der Waals surface area contributed by atoms with E-state index in [9.17, 15) is 13.6 Å². The average molecular weight is 292 g/mol. The van der Waals surface area contributed by atoms with Crippen molar-refractivity contribution >= 4 is 11.7 Å². The third kappa shape index (κ3) is 5.10. The fourth-order valence-electron chi connectivity index (χ4n) is 1.63. The van der Waals surface area contributed by atoms with Crippen molar-refractivity contribution in [1.29, 1.82) is 0 Å². The van der Waals surface area contributed by atoms with Crippen molar-refractivity contribution in [2.75, 3.05) is 18.5 Å². The van der Waals surface area contributed by atoms with E-state index in [1.807, 2.05) is 0 Å². The Bertz CT molecular complexity index is 620. The van der Waals surface area contributed by atoms with Gasteiger partial charge >= 0.3 is 6.03 Å². The molecule has 0 aliphatic heterocycles. The van der Waals surface area contributed by atoms with E-state index < -0.39 is 11.8 Å². The molecule has 0 saturated carbocycles. The monoisotopic (exact) mass is 292 g/mol. The van der Waals surface area contributed by atoms with Crippen LogP contribution in [-0.4, -0.2) is 19.2 Å². The van der Waals surface area contributed by atoms with Crippen molar-refractivity contribution in [3.63, 3.8) is 0 Å². The first-order valence-corrected chi connectivity index (χ1v) is 6.32. The molecule has 0 aromatic heterocycles. The Kier molecular flexibility index (Phi) is 5.09. The Morgan fingerprint density at radius 2 is 1.76 bits per heavy atom. The summed E-state index contributed by atoms with van der Waals surface area (Å²) in [5.74, 6) is -0.422. The molecule has 2 rings (SSSR count). The normalized spacial score (nSPS) is 10.0. The zero-order chi connectivity index (χ0) is 15.1. The molecule has 2 N–H and O–H groups in total. The number of amides is 2. The van der Waals surface area contributed by atoms with Gasteiger partial charge in [-0.2, -0.15) is 0 Å². The second-order valence-electron chi connectivity index (χ2n) is 4.20. The van der Waals surface area contributed by atoms with Crippen LogP contribution in [0.3, 0.4) is 0 Å². The molecule has 4 nitrogen and oxygen atoms in total. The number of carbonyl (C=O) groups is 1. The van der Waals surface area contributed by atoms with E-state index in [1.165, 1.54) is 36.4 Å². The van der Waals surface area contributed by atoms with Gasteiger partial charge in [0, 0.05) is 11.8 Å². The van der Waals surface area contributed by atoms with Crippen molar-refractivity contribution in [2.45, 2.75) is 0 Å². The van der Waals surface area contributed by atoms with Crippen LogP contribution in [0.25, 0.3) is 0 Å². The van der Waals surface area contributed by atoms with Gasteiger partial charge in [0.05, 0.1) is 6.54 Å². The van der Waals surface area contributed by atoms with E-state index in [4.69, 9.17) is 4.74 Å². The molecule has 0 radical (unpaired) electrons. The zero-order valence-electron chi connectivity index (χ0n) is 11.1. The SMILES string of the molecule is O=C(NCCOc1cccc(F)c1)Nc1cccc(F)c1. The first-order chi connectivity index (χ1) is 10.1. The minimum atomic E-state index is -0.469. The van der Waals surface area contributed by atoms with Gasteiger partial charge in [0.25, 0.3) is 0 Å². The molecular weight excluding hydrogens is 278 g/mol. The average Bonchev–Trinajstić information content (AvgIpc) is 2.44. The summed E-state index contributed by atoms with van der Waals surface area (Å²) in [6, 6.07) is 10.8. The summed E-state index contributed by atoms with van der Waals surface area (Å²) < 4.78 is 31.1. The molecule has 0 heterocycles. The van der Waals surface area contributed by atoms with Gasteiger partial charge in [0.2, 0.25) is 0 Å². The van der Waals surface area contributed by atoms with Gasteiger partial charge in [-0.3, -0.25) is 0 Å². The summed E-state index contributed by atoms with van der Waals surface area (Å²) in [5, 5.41) is 5.03. The van der Waals surface area contributed by atoms with Gasteiger partial charge in [0.15, 0.2) is 0 Å². The topological polar surface area (TPSA) is 50.4 Å². The third-order valence-corrected chi connectivity index (χ3v) is 2.53. The van der Waals surface area contributed by atoms with Crippen LogP contribution in [0.5, 0.6) is 5.75 Å². The largest absolute Gasteiger partial charge is 0.492 e. The lowest BCUT2D eigenvalue weighted by Gasteiger charge is -2.09. The van der Waals surface area contributed by atoms with Gasteiger partial charge in [-0.15, -0.1) is 0 Å². The highest BCUT2D eigenvalue weighted by Gasteiger charge is 2.02. The van der Waals surface area contributed by atoms with Crippen LogP contribution in [0.1, 0.15) is 0 Å². The van der Waals surface area contributed by atoms with Crippen LogP contribution >= 0.6 is 0 Å². The van der Waals surface area contributed by atoms with Gasteiger partial charge in [-0.1, -0.05) is 12.1 Å². The lowest BCUT2D eigenvalue weighted by atomic mass is 10.3. The molecule has 2 amide bonds. The predicted octanol–water partition coefficient (Wildman–Crippen LogP) is 3.17. The van der Waals surface area contributed by atoms with Crippen molar-refractivity contribution in [3.8, 4) is 5.75 Å². The number of hydrogen-bond acceptors (Lipinski definition) is 2. The molecule has 2 aromatic rings. The van der Waals surface area contributed by atoms with Gasteiger partial charge < -0.3 is 15.4 Å². The summed E-state index contributed by atoms with van der Waals surface area (Å²) in [4.78, 5) is 11.5. The molecular formula is C15H14F2N2O2. The number of rotatable bonds is 5. The summed E-state index contributed by atoms with van der Waals surface area (Å²) in [5.41, 5.74) is 0.360. The van der Waals surface area contributed by atoms with Crippen molar-refractivity contribution in [2.24, 2.45) is 0 Å². The van der Waals surface area contributed by atoms with Gasteiger partial charge in [-0.25, -0.2) is 13.6 Å². The number of anilines is 1. The Balaban J connectivity index is 1.70. The number of benzene rings is 2. The standard InChI is InChI=1S/C15H14F2N2O2/c16-11-3-1-5-13(9-11)19-15(20)18-7-8-21-14-6-2-4-12(17)10-14/h1-6,9-10H,7-8H2,(H2,18,19,20). The highest BCUT2D eigenvalue weighted by atomic mass is 19.1. The molecule has 0 unspecified atom stereocenters. The maximum absolute atomic E-state index is 12.9. The lowest BCUT2D eigenvalue weighted by Crippen LogP contribution is -2.32. The molecule has 0 atom stereocenters. The quantitative estimate of drug-likeness (QED) is 0.832. The first-order valence-electron chi connectivity index (χ1n) is 6.32. The van der Waals surface area contributed by atoms with E-state index in [0.29, 0.717) is 11.4 Å². The number of ether oxygens (including phenoxy) is 1. The Morgan fingerprint density at radius 3 is 2.48 bits per heavy atom. The molecule has 110 valence electrons. The summed E-state index contributed by atoms with van der Waals surface area (Å²) in [6.07, 6.45) is 0. The number of halogens is 2. The summed E-state index contributed by atoms with van der Waals surface area (Å²) in [6.45, 7) is 0.428. The van der Waals surface area contributed by atoms with Crippen LogP contribution in [0.4, 0.5) is 19.3 Å². The highest BCUT2D eigenvalue weighted by molar-refractivity contribution is 5.89. The second kappa shape index (κ2) is 7.23. The minimum Gasteiger partial charge on any atom is -0.492 e. The zero-order valence-corrected chi connectivity index (χ0v) is 11.1. The van der Waals surface area contributed by atoms with Gasteiger partial charge in [0.1, 0.15) is 24.0 Å². The molecule has 0 aliphatic rings. The van der Waals surface area contributed by atoms with Crippen LogP contribution < -0.4 is 15.4 Å². The van der Waals surface area contributed by atoms with Crippen molar-refractivity contribution in [3.05, 3.63) is 60.2 Å². The van der Waals surface area contributed by atoms with E-state index in [0.717, 1.165) is 0 Å². The van der Waals surface area contributed by atoms with Crippen molar-refractivity contribution in [1.82, 2.24) is 5.32 Å². The summed E-state index contributed by atoms with van der Waals surface area (Å²) in [7, 11) is 0. The van der Waals surface area contributed by atoms with Gasteiger partial charge in [-0.05, 0) is 30.3 Å². The van der Waals surface area contributed by atoms with E-state index in [1.54, 1.807) is 12.1 Å². The fourth-order valence-corrected chi connectivity index (χ4v) is 1.63. The molecule has 21 heavy (non-hydrogen) atoms. The third-order valence-electron chi connectivity index (χ3n) is 2.53. The molecule has 0 saturated heterocycles. The number of hydrogen-bond donors (Lipinski definition) is 2. The first kappa shape index (κ1) is 14.8. The lowest BCUT2D eigenvalue weighted by molar-refractivity contribution is 0.247. The minimum absolute atomic E-state index is 0.194. The number of carbonyl (C=O) groups excluding carboxylic acids is 1. The number of urea groups is 1. The molecule has 6 heteroatoms. The molecule has 0 fully saturated rings. The maximum atomic E-state index is 12.9. The van der Waals surface area contributed by atoms with Crippen LogP contribution in [0, 0.1) is 11.6 Å². The molecule has 2 aromatic carbocycles. The molecule has 0 spiro atoms. The van der Waals surface area contributed by atoms with E-state index in [2.05, 4.69) is 10.6 Å². The smallest absolute Gasteiger partial charge is 0.319 e. The van der Waals surface area contributed by atoms with Crippen LogP contribution in [-0.2, 0) is 0 Å². The van der Waals surface area contributed by atoms with Crippen LogP contribution in [0.15, 0.2) is 48.5 Å². The second-order valence-corrected chi connectivity index (χ2v) is 4.20. The Hall–Kier alpha value is -2.63. The molecule has 0 bridgehead atoms. The Morgan fingerprint density at radius 1 is 1.05 bits per heavy atom. The number of nitrogens with one attached hydrogen (secondary N) is 2. The van der Waals surface area contributed by atoms with Crippen LogP contribution in [0.2, 0.25) is 0 Å². The predicted molar refractivity (Wildman–Crippen MR) is 75.3 cm³/mol. The molecule has 0 aliphatic carbocycles. The summed E-state index contributed by atoms with van der Waals surface area (Å²) >= 11 is 0. The fraction of sp³-hybridized carbons (Fsp3) is 0.133. The Labute approximate surface area is 120 Å². The van der Waals surface area contributed by atoms with Crippen molar-refractivity contribution < 1.29 is 18.3 Å². The highest BCUT2D eigenvalue weighted by Crippen LogP contribution is 2.11. The maximum Gasteiger partial charge on any atom is 0.319 e. The van der Waals surface area contributed by atoms with E-state index in [-0.39, 0.29) is 19.0 Å².